The minimum absolute atomic E-state index is 0.0221. The van der Waals surface area contributed by atoms with E-state index >= 15 is 0 Å². The average molecular weight is 312 g/mol. The first-order valence-electron chi connectivity index (χ1n) is 7.92. The van der Waals surface area contributed by atoms with E-state index in [-0.39, 0.29) is 11.7 Å². The Morgan fingerprint density at radius 3 is 2.04 bits per heavy atom. The molecule has 23 heavy (non-hydrogen) atoms. The molecule has 2 aromatic rings. The van der Waals surface area contributed by atoms with E-state index in [1.54, 1.807) is 12.1 Å². The normalized spacial score (nSPS) is 14.9. The molecule has 1 aliphatic rings. The zero-order valence-electron chi connectivity index (χ0n) is 13.6. The summed E-state index contributed by atoms with van der Waals surface area (Å²) in [7, 11) is 0. The average Bonchev–Trinajstić information content (AvgIpc) is 2.55. The molecule has 0 bridgehead atoms. The Balaban J connectivity index is 1.69. The molecule has 1 fully saturated rings. The van der Waals surface area contributed by atoms with E-state index in [9.17, 15) is 9.18 Å². The minimum atomic E-state index is -0.318. The van der Waals surface area contributed by atoms with Crippen LogP contribution >= 0.6 is 0 Å². The van der Waals surface area contributed by atoms with Crippen LogP contribution in [0.2, 0.25) is 0 Å². The standard InChI is InChI=1S/C19H21FN2O/c1-14-4-3-5-15(2)18(14)21-10-12-22(13-11-21)19(23)16-6-8-17(20)9-7-16/h3-9H,10-13H2,1-2H3. The van der Waals surface area contributed by atoms with Crippen LogP contribution in [0.5, 0.6) is 0 Å². The van der Waals surface area contributed by atoms with Crippen LogP contribution in [0.25, 0.3) is 0 Å². The van der Waals surface area contributed by atoms with Crippen molar-refractivity contribution in [3.05, 3.63) is 65.0 Å². The van der Waals surface area contributed by atoms with Crippen molar-refractivity contribution in [1.29, 1.82) is 0 Å². The molecule has 1 saturated heterocycles. The SMILES string of the molecule is Cc1cccc(C)c1N1CCN(C(=O)c2ccc(F)cc2)CC1. The Kier molecular flexibility index (Phi) is 4.33. The summed E-state index contributed by atoms with van der Waals surface area (Å²) in [5.41, 5.74) is 4.36. The molecule has 1 amide bonds. The largest absolute Gasteiger partial charge is 0.368 e. The zero-order valence-corrected chi connectivity index (χ0v) is 13.6. The lowest BCUT2D eigenvalue weighted by molar-refractivity contribution is 0.0746. The number of hydrogen-bond acceptors (Lipinski definition) is 2. The van der Waals surface area contributed by atoms with Crippen molar-refractivity contribution in [3.8, 4) is 0 Å². The van der Waals surface area contributed by atoms with Gasteiger partial charge in [-0.3, -0.25) is 4.79 Å². The highest BCUT2D eigenvalue weighted by Gasteiger charge is 2.23. The van der Waals surface area contributed by atoms with Crippen molar-refractivity contribution < 1.29 is 9.18 Å². The summed E-state index contributed by atoms with van der Waals surface area (Å²) in [6, 6.07) is 12.1. The van der Waals surface area contributed by atoms with Gasteiger partial charge < -0.3 is 9.80 Å². The van der Waals surface area contributed by atoms with Crippen molar-refractivity contribution >= 4 is 11.6 Å². The smallest absolute Gasteiger partial charge is 0.253 e. The monoisotopic (exact) mass is 312 g/mol. The highest BCUT2D eigenvalue weighted by atomic mass is 19.1. The number of benzene rings is 2. The fourth-order valence-electron chi connectivity index (χ4n) is 3.21. The topological polar surface area (TPSA) is 23.6 Å². The molecule has 1 aliphatic heterocycles. The molecule has 0 saturated carbocycles. The molecule has 1 heterocycles. The summed E-state index contributed by atoms with van der Waals surface area (Å²) in [6.45, 7) is 7.25. The number of carbonyl (C=O) groups is 1. The molecule has 0 aliphatic carbocycles. The third-order valence-electron chi connectivity index (χ3n) is 4.41. The van der Waals surface area contributed by atoms with Gasteiger partial charge >= 0.3 is 0 Å². The number of amides is 1. The van der Waals surface area contributed by atoms with Gasteiger partial charge in [0.15, 0.2) is 0 Å². The summed E-state index contributed by atoms with van der Waals surface area (Å²) < 4.78 is 13.0. The van der Waals surface area contributed by atoms with Crippen molar-refractivity contribution in [3.63, 3.8) is 0 Å². The number of hydrogen-bond donors (Lipinski definition) is 0. The second-order valence-electron chi connectivity index (χ2n) is 6.03. The Hall–Kier alpha value is -2.36. The summed E-state index contributed by atoms with van der Waals surface area (Å²) in [6.07, 6.45) is 0. The third kappa shape index (κ3) is 3.21. The number of piperazine rings is 1. The van der Waals surface area contributed by atoms with Crippen molar-refractivity contribution in [2.24, 2.45) is 0 Å². The van der Waals surface area contributed by atoms with Gasteiger partial charge in [-0.05, 0) is 49.2 Å². The summed E-state index contributed by atoms with van der Waals surface area (Å²) in [5, 5.41) is 0. The van der Waals surface area contributed by atoms with Crippen LogP contribution in [-0.4, -0.2) is 37.0 Å². The van der Waals surface area contributed by atoms with Crippen LogP contribution in [0.1, 0.15) is 21.5 Å². The molecule has 2 aromatic carbocycles. The second kappa shape index (κ2) is 6.41. The minimum Gasteiger partial charge on any atom is -0.368 e. The van der Waals surface area contributed by atoms with Gasteiger partial charge in [0.25, 0.3) is 5.91 Å². The van der Waals surface area contributed by atoms with Crippen LogP contribution in [0.4, 0.5) is 10.1 Å². The number of rotatable bonds is 2. The van der Waals surface area contributed by atoms with E-state index < -0.39 is 0 Å². The van der Waals surface area contributed by atoms with Crippen LogP contribution in [0.3, 0.4) is 0 Å². The summed E-state index contributed by atoms with van der Waals surface area (Å²) in [4.78, 5) is 16.7. The Morgan fingerprint density at radius 1 is 0.913 bits per heavy atom. The van der Waals surface area contributed by atoms with Gasteiger partial charge in [0, 0.05) is 37.4 Å². The number of anilines is 1. The lowest BCUT2D eigenvalue weighted by atomic mass is 10.1. The molecule has 0 N–H and O–H groups in total. The van der Waals surface area contributed by atoms with E-state index in [0.717, 1.165) is 13.1 Å². The molecular formula is C19H21FN2O. The first-order chi connectivity index (χ1) is 11.1. The number of nitrogens with zero attached hydrogens (tertiary/aromatic N) is 2. The molecule has 0 spiro atoms. The maximum Gasteiger partial charge on any atom is 0.253 e. The molecule has 0 radical (unpaired) electrons. The fourth-order valence-corrected chi connectivity index (χ4v) is 3.21. The van der Waals surface area contributed by atoms with Gasteiger partial charge in [0.05, 0.1) is 0 Å². The lowest BCUT2D eigenvalue weighted by Gasteiger charge is -2.37. The quantitative estimate of drug-likeness (QED) is 0.848. The van der Waals surface area contributed by atoms with E-state index in [2.05, 4.69) is 36.9 Å². The van der Waals surface area contributed by atoms with Gasteiger partial charge in [-0.1, -0.05) is 18.2 Å². The van der Waals surface area contributed by atoms with Crippen molar-refractivity contribution in [2.75, 3.05) is 31.1 Å². The van der Waals surface area contributed by atoms with E-state index in [1.807, 2.05) is 4.90 Å². The van der Waals surface area contributed by atoms with E-state index in [0.29, 0.717) is 18.7 Å². The van der Waals surface area contributed by atoms with Gasteiger partial charge in [-0.15, -0.1) is 0 Å². The van der Waals surface area contributed by atoms with Gasteiger partial charge in [0.1, 0.15) is 5.82 Å². The van der Waals surface area contributed by atoms with Crippen LogP contribution in [0, 0.1) is 19.7 Å². The molecule has 3 rings (SSSR count). The Morgan fingerprint density at radius 2 is 1.48 bits per heavy atom. The van der Waals surface area contributed by atoms with Gasteiger partial charge in [-0.25, -0.2) is 4.39 Å². The maximum absolute atomic E-state index is 13.0. The lowest BCUT2D eigenvalue weighted by Crippen LogP contribution is -2.49. The molecule has 0 unspecified atom stereocenters. The predicted molar refractivity (Wildman–Crippen MR) is 90.4 cm³/mol. The van der Waals surface area contributed by atoms with Crippen LogP contribution < -0.4 is 4.90 Å². The first-order valence-corrected chi connectivity index (χ1v) is 7.92. The first kappa shape index (κ1) is 15.5. The molecule has 3 nitrogen and oxygen atoms in total. The maximum atomic E-state index is 13.0. The molecule has 4 heteroatoms. The zero-order chi connectivity index (χ0) is 16.4. The van der Waals surface area contributed by atoms with Crippen molar-refractivity contribution in [1.82, 2.24) is 4.90 Å². The van der Waals surface area contributed by atoms with Gasteiger partial charge in [0.2, 0.25) is 0 Å². The summed E-state index contributed by atoms with van der Waals surface area (Å²) in [5.74, 6) is -0.340. The molecule has 0 aromatic heterocycles. The third-order valence-corrected chi connectivity index (χ3v) is 4.41. The Bertz CT molecular complexity index is 684. The van der Waals surface area contributed by atoms with E-state index in [1.165, 1.54) is 28.9 Å². The van der Waals surface area contributed by atoms with E-state index in [4.69, 9.17) is 0 Å². The number of para-hydroxylation sites is 1. The van der Waals surface area contributed by atoms with Crippen LogP contribution in [-0.2, 0) is 0 Å². The second-order valence-corrected chi connectivity index (χ2v) is 6.03. The number of halogens is 1. The number of aryl methyl sites for hydroxylation is 2. The van der Waals surface area contributed by atoms with Gasteiger partial charge in [-0.2, -0.15) is 0 Å². The summed E-state index contributed by atoms with van der Waals surface area (Å²) >= 11 is 0. The highest BCUT2D eigenvalue weighted by molar-refractivity contribution is 5.94. The molecule has 120 valence electrons. The van der Waals surface area contributed by atoms with Crippen molar-refractivity contribution in [2.45, 2.75) is 13.8 Å². The van der Waals surface area contributed by atoms with Crippen LogP contribution in [0.15, 0.2) is 42.5 Å². The highest BCUT2D eigenvalue weighted by Crippen LogP contribution is 2.25. The predicted octanol–water partition coefficient (Wildman–Crippen LogP) is 3.40. The number of carbonyl (C=O) groups excluding carboxylic acids is 1. The molecule has 0 atom stereocenters. The Labute approximate surface area is 136 Å². The molecular weight excluding hydrogens is 291 g/mol. The fraction of sp³-hybridized carbons (Fsp3) is 0.316.